The quantitative estimate of drug-likeness (QED) is 0.763. The Morgan fingerprint density at radius 3 is 2.29 bits per heavy atom. The summed E-state index contributed by atoms with van der Waals surface area (Å²) in [6, 6.07) is 8.71. The van der Waals surface area contributed by atoms with Crippen LogP contribution in [0.1, 0.15) is 31.4 Å². The van der Waals surface area contributed by atoms with Gasteiger partial charge in [0.25, 0.3) is 0 Å². The van der Waals surface area contributed by atoms with Crippen LogP contribution < -0.4 is 5.32 Å². The van der Waals surface area contributed by atoms with E-state index in [0.717, 1.165) is 13.0 Å². The number of benzene rings is 1. The molecule has 0 saturated carbocycles. The Kier molecular flexibility index (Phi) is 6.19. The van der Waals surface area contributed by atoms with Crippen LogP contribution in [-0.4, -0.2) is 24.4 Å². The van der Waals surface area contributed by atoms with Crippen molar-refractivity contribution in [2.45, 2.75) is 45.6 Å². The van der Waals surface area contributed by atoms with Gasteiger partial charge in [-0.15, -0.1) is 0 Å². The third-order valence-corrected chi connectivity index (χ3v) is 2.68. The van der Waals surface area contributed by atoms with Crippen molar-refractivity contribution in [3.63, 3.8) is 0 Å². The van der Waals surface area contributed by atoms with E-state index in [1.54, 1.807) is 7.11 Å². The van der Waals surface area contributed by atoms with Gasteiger partial charge in [-0.05, 0) is 31.4 Å². The fourth-order valence-corrected chi connectivity index (χ4v) is 1.81. The number of methoxy groups -OCH3 is 1. The molecule has 0 bridgehead atoms. The molecule has 0 aromatic heterocycles. The molecule has 0 aliphatic carbocycles. The predicted octanol–water partition coefficient (Wildman–Crippen LogP) is 2.08. The van der Waals surface area contributed by atoms with Crippen LogP contribution in [-0.2, 0) is 17.9 Å². The van der Waals surface area contributed by atoms with Crippen LogP contribution in [0.4, 0.5) is 0 Å². The van der Waals surface area contributed by atoms with Crippen molar-refractivity contribution in [1.29, 1.82) is 0 Å². The second-order valence-corrected chi connectivity index (χ2v) is 4.62. The first-order valence-corrected chi connectivity index (χ1v) is 6.10. The lowest BCUT2D eigenvalue weighted by atomic mass is 10.1. The molecule has 0 aliphatic rings. The van der Waals surface area contributed by atoms with Crippen molar-refractivity contribution in [2.24, 2.45) is 0 Å². The van der Waals surface area contributed by atoms with E-state index < -0.39 is 0 Å². The minimum atomic E-state index is -0.249. The van der Waals surface area contributed by atoms with Gasteiger partial charge in [-0.1, -0.05) is 24.3 Å². The van der Waals surface area contributed by atoms with E-state index in [1.807, 2.05) is 6.92 Å². The number of aliphatic hydroxyl groups excluding tert-OH is 1. The summed E-state index contributed by atoms with van der Waals surface area (Å²) in [6.45, 7) is 5.40. The maximum Gasteiger partial charge on any atom is 0.0713 e. The Hall–Kier alpha value is -0.900. The highest BCUT2D eigenvalue weighted by atomic mass is 16.5. The molecule has 0 amide bonds. The van der Waals surface area contributed by atoms with Crippen LogP contribution in [0.15, 0.2) is 24.3 Å². The fourth-order valence-electron chi connectivity index (χ4n) is 1.81. The molecule has 96 valence electrons. The summed E-state index contributed by atoms with van der Waals surface area (Å²) in [5, 5.41) is 12.7. The summed E-state index contributed by atoms with van der Waals surface area (Å²) >= 11 is 0. The van der Waals surface area contributed by atoms with Crippen LogP contribution in [0, 0.1) is 0 Å². The van der Waals surface area contributed by atoms with E-state index in [9.17, 15) is 5.11 Å². The van der Waals surface area contributed by atoms with E-state index in [2.05, 4.69) is 36.5 Å². The van der Waals surface area contributed by atoms with Gasteiger partial charge in [0.05, 0.1) is 12.7 Å². The Morgan fingerprint density at radius 2 is 1.76 bits per heavy atom. The van der Waals surface area contributed by atoms with E-state index >= 15 is 0 Å². The third-order valence-electron chi connectivity index (χ3n) is 2.68. The van der Waals surface area contributed by atoms with Gasteiger partial charge in [0, 0.05) is 19.7 Å². The molecular weight excluding hydrogens is 214 g/mol. The van der Waals surface area contributed by atoms with Crippen LogP contribution >= 0.6 is 0 Å². The normalized spacial score (nSPS) is 14.6. The molecule has 3 heteroatoms. The molecule has 0 spiro atoms. The molecule has 2 unspecified atom stereocenters. The van der Waals surface area contributed by atoms with Crippen molar-refractivity contribution >= 4 is 0 Å². The monoisotopic (exact) mass is 237 g/mol. The molecule has 3 nitrogen and oxygen atoms in total. The summed E-state index contributed by atoms with van der Waals surface area (Å²) < 4.78 is 5.07. The van der Waals surface area contributed by atoms with Gasteiger partial charge < -0.3 is 15.2 Å². The Bertz CT molecular complexity index is 309. The summed E-state index contributed by atoms with van der Waals surface area (Å²) in [4.78, 5) is 0. The van der Waals surface area contributed by atoms with E-state index in [-0.39, 0.29) is 6.10 Å². The summed E-state index contributed by atoms with van der Waals surface area (Å²) in [5.74, 6) is 0. The zero-order valence-corrected chi connectivity index (χ0v) is 10.9. The fraction of sp³-hybridized carbons (Fsp3) is 0.571. The Morgan fingerprint density at radius 1 is 1.18 bits per heavy atom. The van der Waals surface area contributed by atoms with Crippen molar-refractivity contribution < 1.29 is 9.84 Å². The SMILES string of the molecule is COCc1ccc(CNC(C)CC(C)O)cc1. The maximum atomic E-state index is 9.26. The maximum absolute atomic E-state index is 9.26. The molecule has 0 heterocycles. The average Bonchev–Trinajstić information content (AvgIpc) is 2.28. The van der Waals surface area contributed by atoms with E-state index in [0.29, 0.717) is 12.6 Å². The first-order chi connectivity index (χ1) is 8.11. The number of ether oxygens (including phenoxy) is 1. The third kappa shape index (κ3) is 5.82. The molecule has 17 heavy (non-hydrogen) atoms. The topological polar surface area (TPSA) is 41.5 Å². The lowest BCUT2D eigenvalue weighted by Crippen LogP contribution is -2.28. The standard InChI is InChI=1S/C14H23NO2/c1-11(8-12(2)16)15-9-13-4-6-14(7-5-13)10-17-3/h4-7,11-12,15-16H,8-10H2,1-3H3. The zero-order valence-electron chi connectivity index (χ0n) is 10.9. The first kappa shape index (κ1) is 14.2. The molecule has 0 aliphatic heterocycles. The minimum absolute atomic E-state index is 0.249. The van der Waals surface area contributed by atoms with Gasteiger partial charge >= 0.3 is 0 Å². The van der Waals surface area contributed by atoms with Crippen LogP contribution in [0.25, 0.3) is 0 Å². The van der Waals surface area contributed by atoms with Crippen molar-refractivity contribution in [1.82, 2.24) is 5.32 Å². The highest BCUT2D eigenvalue weighted by molar-refractivity contribution is 5.21. The molecule has 1 aromatic carbocycles. The molecule has 1 aromatic rings. The van der Waals surface area contributed by atoms with Crippen molar-refractivity contribution in [2.75, 3.05) is 7.11 Å². The van der Waals surface area contributed by atoms with Gasteiger partial charge in [-0.2, -0.15) is 0 Å². The van der Waals surface area contributed by atoms with Crippen molar-refractivity contribution in [3.8, 4) is 0 Å². The molecule has 0 saturated heterocycles. The van der Waals surface area contributed by atoms with Crippen LogP contribution in [0.5, 0.6) is 0 Å². The average molecular weight is 237 g/mol. The highest BCUT2D eigenvalue weighted by Gasteiger charge is 2.05. The summed E-state index contributed by atoms with van der Waals surface area (Å²) in [6.07, 6.45) is 0.531. The summed E-state index contributed by atoms with van der Waals surface area (Å²) in [7, 11) is 1.70. The van der Waals surface area contributed by atoms with E-state index in [4.69, 9.17) is 4.74 Å². The number of rotatable bonds is 7. The number of aliphatic hydroxyl groups is 1. The molecule has 0 fully saturated rings. The molecule has 2 atom stereocenters. The molecule has 2 N–H and O–H groups in total. The minimum Gasteiger partial charge on any atom is -0.393 e. The second kappa shape index (κ2) is 7.43. The lowest BCUT2D eigenvalue weighted by molar-refractivity contribution is 0.170. The van der Waals surface area contributed by atoms with E-state index in [1.165, 1.54) is 11.1 Å². The number of hydrogen-bond donors (Lipinski definition) is 2. The van der Waals surface area contributed by atoms with Gasteiger partial charge in [0.2, 0.25) is 0 Å². The van der Waals surface area contributed by atoms with Crippen LogP contribution in [0.3, 0.4) is 0 Å². The van der Waals surface area contributed by atoms with Crippen LogP contribution in [0.2, 0.25) is 0 Å². The zero-order chi connectivity index (χ0) is 12.7. The lowest BCUT2D eigenvalue weighted by Gasteiger charge is -2.15. The van der Waals surface area contributed by atoms with Gasteiger partial charge in [0.15, 0.2) is 0 Å². The second-order valence-electron chi connectivity index (χ2n) is 4.62. The first-order valence-electron chi connectivity index (χ1n) is 6.10. The van der Waals surface area contributed by atoms with Crippen molar-refractivity contribution in [3.05, 3.63) is 35.4 Å². The summed E-state index contributed by atoms with van der Waals surface area (Å²) in [5.41, 5.74) is 2.44. The van der Waals surface area contributed by atoms with Gasteiger partial charge in [0.1, 0.15) is 0 Å². The number of hydrogen-bond acceptors (Lipinski definition) is 3. The number of nitrogens with one attached hydrogen (secondary N) is 1. The predicted molar refractivity (Wildman–Crippen MR) is 69.8 cm³/mol. The van der Waals surface area contributed by atoms with Gasteiger partial charge in [-0.25, -0.2) is 0 Å². The largest absolute Gasteiger partial charge is 0.393 e. The molecular formula is C14H23NO2. The molecule has 0 radical (unpaired) electrons. The molecule has 1 rings (SSSR count). The smallest absolute Gasteiger partial charge is 0.0713 e. The Balaban J connectivity index is 2.36. The van der Waals surface area contributed by atoms with Gasteiger partial charge in [-0.3, -0.25) is 0 Å². The highest BCUT2D eigenvalue weighted by Crippen LogP contribution is 2.06. The Labute approximate surface area is 104 Å².